The van der Waals surface area contributed by atoms with Crippen LogP contribution in [0.25, 0.3) is 0 Å². The summed E-state index contributed by atoms with van der Waals surface area (Å²) in [4.78, 5) is 25.2. The maximum absolute atomic E-state index is 13.9. The molecule has 0 saturated heterocycles. The second kappa shape index (κ2) is 11.4. The highest BCUT2D eigenvalue weighted by Crippen LogP contribution is 2.39. The summed E-state index contributed by atoms with van der Waals surface area (Å²) >= 11 is 0. The molecule has 0 aromatic heterocycles. The number of hydrogen-bond donors (Lipinski definition) is 2. The van der Waals surface area contributed by atoms with Crippen LogP contribution in [0.15, 0.2) is 30.3 Å². The zero-order valence-corrected chi connectivity index (χ0v) is 19.8. The minimum absolute atomic E-state index is 0.0654. The predicted molar refractivity (Wildman–Crippen MR) is 124 cm³/mol. The highest BCUT2D eigenvalue weighted by atomic mass is 19.1. The zero-order chi connectivity index (χ0) is 24.6. The molecule has 0 saturated carbocycles. The minimum atomic E-state index is -0.733. The van der Waals surface area contributed by atoms with Crippen LogP contribution in [0, 0.1) is 5.82 Å². The van der Waals surface area contributed by atoms with E-state index >= 15 is 0 Å². The second-order valence-electron chi connectivity index (χ2n) is 7.87. The van der Waals surface area contributed by atoms with Gasteiger partial charge in [-0.25, -0.2) is 9.18 Å². The van der Waals surface area contributed by atoms with Crippen LogP contribution < -0.4 is 24.8 Å². The molecule has 0 bridgehead atoms. The van der Waals surface area contributed by atoms with Crippen molar-refractivity contribution in [2.24, 2.45) is 0 Å². The molecular formula is C24H31FN2O6. The van der Waals surface area contributed by atoms with Gasteiger partial charge in [-0.15, -0.1) is 0 Å². The summed E-state index contributed by atoms with van der Waals surface area (Å²) in [6, 6.07) is 6.65. The Labute approximate surface area is 193 Å². The highest BCUT2D eigenvalue weighted by Gasteiger charge is 2.21. The lowest BCUT2D eigenvalue weighted by molar-refractivity contribution is 0.0635. The van der Waals surface area contributed by atoms with E-state index in [0.717, 1.165) is 6.07 Å². The smallest absolute Gasteiger partial charge is 0.412 e. The summed E-state index contributed by atoms with van der Waals surface area (Å²) in [6.07, 6.45) is -0.733. The van der Waals surface area contributed by atoms with Gasteiger partial charge in [-0.2, -0.15) is 0 Å². The number of benzene rings is 2. The average Bonchev–Trinajstić information content (AvgIpc) is 2.71. The molecule has 0 unspecified atom stereocenters. The Bertz CT molecular complexity index is 960. The van der Waals surface area contributed by atoms with Crippen LogP contribution in [0.5, 0.6) is 17.2 Å². The molecule has 0 spiro atoms. The number of anilines is 2. The standard InChI is InChI=1S/C24H31FN2O6/c1-7-30-19-12-15(13-20(31-8-2)21(19)32-9-3)22(28)26-18-14-16(25)10-11-17(18)27-23(29)33-24(4,5)6/h10-14H,7-9H2,1-6H3,(H,26,28)(H,27,29). The minimum Gasteiger partial charge on any atom is -0.490 e. The third-order valence-electron chi connectivity index (χ3n) is 4.04. The molecule has 0 fully saturated rings. The summed E-state index contributed by atoms with van der Waals surface area (Å²) in [5.41, 5.74) is -0.269. The lowest BCUT2D eigenvalue weighted by atomic mass is 10.1. The molecule has 0 heterocycles. The van der Waals surface area contributed by atoms with Gasteiger partial charge in [0.15, 0.2) is 11.5 Å². The van der Waals surface area contributed by atoms with E-state index in [2.05, 4.69) is 10.6 Å². The lowest BCUT2D eigenvalue weighted by Crippen LogP contribution is -2.27. The van der Waals surface area contributed by atoms with Gasteiger partial charge in [0.2, 0.25) is 5.75 Å². The van der Waals surface area contributed by atoms with Gasteiger partial charge in [0, 0.05) is 5.56 Å². The molecule has 0 aliphatic heterocycles. The van der Waals surface area contributed by atoms with Crippen molar-refractivity contribution in [2.45, 2.75) is 47.1 Å². The van der Waals surface area contributed by atoms with E-state index in [1.807, 2.05) is 20.8 Å². The van der Waals surface area contributed by atoms with Gasteiger partial charge in [-0.1, -0.05) is 0 Å². The van der Waals surface area contributed by atoms with Crippen LogP contribution in [0.3, 0.4) is 0 Å². The van der Waals surface area contributed by atoms with Crippen LogP contribution in [0.1, 0.15) is 51.9 Å². The maximum atomic E-state index is 13.9. The molecule has 180 valence electrons. The number of halogens is 1. The highest BCUT2D eigenvalue weighted by molar-refractivity contribution is 6.07. The largest absolute Gasteiger partial charge is 0.490 e. The van der Waals surface area contributed by atoms with Gasteiger partial charge in [0.25, 0.3) is 5.91 Å². The number of hydrogen-bond acceptors (Lipinski definition) is 6. The molecule has 33 heavy (non-hydrogen) atoms. The summed E-state index contributed by atoms with van der Waals surface area (Å²) in [7, 11) is 0. The fraction of sp³-hybridized carbons (Fsp3) is 0.417. The van der Waals surface area contributed by atoms with Gasteiger partial charge in [-0.05, 0) is 71.9 Å². The number of amides is 2. The van der Waals surface area contributed by atoms with E-state index in [1.165, 1.54) is 24.3 Å². The van der Waals surface area contributed by atoms with Crippen molar-refractivity contribution in [3.05, 3.63) is 41.7 Å². The third kappa shape index (κ3) is 7.55. The Morgan fingerprint density at radius 1 is 0.848 bits per heavy atom. The number of ether oxygens (including phenoxy) is 4. The monoisotopic (exact) mass is 462 g/mol. The first kappa shape index (κ1) is 25.8. The van der Waals surface area contributed by atoms with Crippen molar-refractivity contribution in [1.29, 1.82) is 0 Å². The molecular weight excluding hydrogens is 431 g/mol. The maximum Gasteiger partial charge on any atom is 0.412 e. The summed E-state index contributed by atoms with van der Waals surface area (Å²) in [6.45, 7) is 11.7. The Balaban J connectivity index is 2.37. The van der Waals surface area contributed by atoms with Crippen LogP contribution in [-0.2, 0) is 4.74 Å². The number of rotatable bonds is 9. The Morgan fingerprint density at radius 3 is 1.94 bits per heavy atom. The van der Waals surface area contributed by atoms with Crippen molar-refractivity contribution < 1.29 is 32.9 Å². The fourth-order valence-electron chi connectivity index (χ4n) is 2.86. The van der Waals surface area contributed by atoms with Crippen molar-refractivity contribution in [2.75, 3.05) is 30.5 Å². The molecule has 2 rings (SSSR count). The third-order valence-corrected chi connectivity index (χ3v) is 4.04. The fourth-order valence-corrected chi connectivity index (χ4v) is 2.86. The van der Waals surface area contributed by atoms with E-state index in [0.29, 0.717) is 37.1 Å². The Hall–Kier alpha value is -3.49. The average molecular weight is 463 g/mol. The number of carbonyl (C=O) groups excluding carboxylic acids is 2. The lowest BCUT2D eigenvalue weighted by Gasteiger charge is -2.21. The molecule has 0 aliphatic rings. The van der Waals surface area contributed by atoms with E-state index in [4.69, 9.17) is 18.9 Å². The normalized spacial score (nSPS) is 10.9. The van der Waals surface area contributed by atoms with Crippen molar-refractivity contribution in [1.82, 2.24) is 0 Å². The first-order valence-corrected chi connectivity index (χ1v) is 10.7. The van der Waals surface area contributed by atoms with Crippen LogP contribution in [-0.4, -0.2) is 37.4 Å². The molecule has 2 N–H and O–H groups in total. The van der Waals surface area contributed by atoms with Gasteiger partial charge < -0.3 is 24.3 Å². The quantitative estimate of drug-likeness (QED) is 0.502. The summed E-state index contributed by atoms with van der Waals surface area (Å²) < 4.78 is 36.1. The summed E-state index contributed by atoms with van der Waals surface area (Å²) in [5.74, 6) is -0.0473. The SMILES string of the molecule is CCOc1cc(C(=O)Nc2cc(F)ccc2NC(=O)OC(C)(C)C)cc(OCC)c1OCC. The van der Waals surface area contributed by atoms with Crippen molar-refractivity contribution in [3.63, 3.8) is 0 Å². The van der Waals surface area contributed by atoms with E-state index in [-0.39, 0.29) is 16.9 Å². The topological polar surface area (TPSA) is 95.1 Å². The van der Waals surface area contributed by atoms with Crippen LogP contribution in [0.4, 0.5) is 20.6 Å². The van der Waals surface area contributed by atoms with E-state index in [9.17, 15) is 14.0 Å². The van der Waals surface area contributed by atoms with Gasteiger partial charge in [0.1, 0.15) is 11.4 Å². The zero-order valence-electron chi connectivity index (χ0n) is 19.8. The van der Waals surface area contributed by atoms with Crippen molar-refractivity contribution >= 4 is 23.4 Å². The first-order valence-electron chi connectivity index (χ1n) is 10.7. The molecule has 2 aromatic carbocycles. The van der Waals surface area contributed by atoms with Crippen LogP contribution in [0.2, 0.25) is 0 Å². The Morgan fingerprint density at radius 2 is 1.42 bits per heavy atom. The molecule has 2 aromatic rings. The van der Waals surface area contributed by atoms with Crippen molar-refractivity contribution in [3.8, 4) is 17.2 Å². The molecule has 9 heteroatoms. The molecule has 2 amide bonds. The van der Waals surface area contributed by atoms with E-state index < -0.39 is 23.4 Å². The number of carbonyl (C=O) groups is 2. The molecule has 0 atom stereocenters. The summed E-state index contributed by atoms with van der Waals surface area (Å²) in [5, 5.41) is 5.15. The van der Waals surface area contributed by atoms with Gasteiger partial charge >= 0.3 is 6.09 Å². The van der Waals surface area contributed by atoms with Gasteiger partial charge in [0.05, 0.1) is 31.2 Å². The second-order valence-corrected chi connectivity index (χ2v) is 7.87. The Kier molecular flexibility index (Phi) is 8.90. The van der Waals surface area contributed by atoms with Gasteiger partial charge in [-0.3, -0.25) is 10.1 Å². The molecule has 0 aliphatic carbocycles. The van der Waals surface area contributed by atoms with Crippen LogP contribution >= 0.6 is 0 Å². The number of nitrogens with one attached hydrogen (secondary N) is 2. The van der Waals surface area contributed by atoms with E-state index in [1.54, 1.807) is 20.8 Å². The molecule has 8 nitrogen and oxygen atoms in total. The molecule has 0 radical (unpaired) electrons. The predicted octanol–water partition coefficient (Wildman–Crippen LogP) is 5.62. The first-order chi connectivity index (χ1) is 15.6.